The van der Waals surface area contributed by atoms with Crippen LogP contribution in [0.2, 0.25) is 0 Å². The molecule has 9 rings (SSSR count). The van der Waals surface area contributed by atoms with Crippen molar-refractivity contribution in [2.45, 2.75) is 210 Å². The van der Waals surface area contributed by atoms with Crippen LogP contribution >= 0.6 is 11.8 Å². The van der Waals surface area contributed by atoms with Crippen LogP contribution in [0, 0.1) is 29.1 Å². The number of rotatable bonds is 26. The number of carbonyl (C=O) groups excluding carboxylic acids is 18. The van der Waals surface area contributed by atoms with Crippen LogP contribution in [0.3, 0.4) is 0 Å². The zero-order chi connectivity index (χ0) is 98.3. The van der Waals surface area contributed by atoms with Crippen LogP contribution in [0.25, 0.3) is 21.8 Å². The zero-order valence-corrected chi connectivity index (χ0v) is 77.8. The lowest BCUT2D eigenvalue weighted by atomic mass is 9.84. The number of hydrogen-bond donors (Lipinski definition) is 19. The minimum absolute atomic E-state index is 0.0140. The molecule has 3 aliphatic rings. The number of likely N-dealkylation sites (N-methyl/N-ethyl adjacent to an activating group) is 3. The van der Waals surface area contributed by atoms with Crippen molar-refractivity contribution in [3.05, 3.63) is 126 Å². The van der Waals surface area contributed by atoms with E-state index in [0.29, 0.717) is 69.9 Å². The average molecular weight is 1890 g/mol. The van der Waals surface area contributed by atoms with E-state index in [4.69, 9.17) is 22.6 Å². The lowest BCUT2D eigenvalue weighted by molar-refractivity contribution is -0.145. The van der Waals surface area contributed by atoms with Gasteiger partial charge in [-0.25, -0.2) is 4.98 Å². The summed E-state index contributed by atoms with van der Waals surface area (Å²) in [6.07, 6.45) is 5.56. The molecule has 6 aromatic rings. The minimum atomic E-state index is -1.84. The zero-order valence-electron chi connectivity index (χ0n) is 77.0. The second-order valence-electron chi connectivity index (χ2n) is 35.1. The maximum Gasteiger partial charge on any atom is 0.246 e. The molecular formula is C92H127N23O19S. The van der Waals surface area contributed by atoms with Crippen molar-refractivity contribution in [1.29, 1.82) is 5.41 Å². The summed E-state index contributed by atoms with van der Waals surface area (Å²) in [6, 6.07) is 5.67. The number of thioether (sulfide) groups is 1. The van der Waals surface area contributed by atoms with Crippen LogP contribution in [0.5, 0.6) is 0 Å². The second kappa shape index (κ2) is 51.0. The number of nitrogens with zero attached hydrogens (tertiary/aromatic N) is 5. The molecule has 16 amide bonds. The van der Waals surface area contributed by atoms with Gasteiger partial charge in [0.15, 0.2) is 17.5 Å². The number of carbonyl (C=O) groups is 18. The van der Waals surface area contributed by atoms with E-state index in [2.05, 4.69) is 78.4 Å². The number of fused-ring (bicyclic) bond motifs is 3. The molecule has 22 N–H and O–H groups in total. The highest BCUT2D eigenvalue weighted by Crippen LogP contribution is 2.29. The predicted molar refractivity (Wildman–Crippen MR) is 498 cm³/mol. The van der Waals surface area contributed by atoms with Gasteiger partial charge in [-0.3, -0.25) is 91.7 Å². The number of ketones is 2. The van der Waals surface area contributed by atoms with Crippen LogP contribution < -0.4 is 75.7 Å². The van der Waals surface area contributed by atoms with Gasteiger partial charge in [0.2, 0.25) is 94.5 Å². The quantitative estimate of drug-likeness (QED) is 0.0166. The number of H-pyrrole nitrogens is 3. The second-order valence-corrected chi connectivity index (χ2v) is 36.1. The summed E-state index contributed by atoms with van der Waals surface area (Å²) < 4.78 is 0. The summed E-state index contributed by atoms with van der Waals surface area (Å²) in [7, 11) is 3.87. The molecule has 135 heavy (non-hydrogen) atoms. The molecule has 730 valence electrons. The van der Waals surface area contributed by atoms with Crippen molar-refractivity contribution in [2.75, 3.05) is 72.0 Å². The van der Waals surface area contributed by atoms with Crippen molar-refractivity contribution in [1.82, 2.24) is 98.0 Å². The monoisotopic (exact) mass is 1890 g/mol. The van der Waals surface area contributed by atoms with E-state index in [1.165, 1.54) is 40.6 Å². The van der Waals surface area contributed by atoms with E-state index in [-0.39, 0.29) is 83.2 Å². The SMILES string of the molecule is CCCC[C@H]1C(=O)N[C@@H](CCCNC(=N)N)C(=O)N[C@H](C(=O)NCC(N)=O)CSCC(=O)N[C@@H](Cc2ccccc2)C(=O)N(C)[C@@H](C)C(=O)N[C@@H](CC(N)=O)C(=O)N2CCC[C@H]2C(=O)N[C@@H](Cc2cnc[nH]2)C(=O)N[C@@H](CC(C)C)C(=O)N(C)CC(=O)C[C@@H](Cc2c[nH]c3ccccc23)C(=O)N[C@@H](CO)C(=O)N[C@@H](Cc2c[nH]c3ccccc23)C(=O)C[C@@H](CNC(=O)C2CCC2)C(=O)N1C. The van der Waals surface area contributed by atoms with Crippen LogP contribution in [0.1, 0.15) is 140 Å². The third-order valence-electron chi connectivity index (χ3n) is 24.4. The number of nitrogens with two attached hydrogens (primary N) is 3. The van der Waals surface area contributed by atoms with Gasteiger partial charge in [0, 0.05) is 137 Å². The molecule has 3 fully saturated rings. The standard InChI is InChI=1S/C92H127N23O19S/c1-8-9-29-73-86(129)105-65(28-18-31-98-92(95)96)83(126)111-72(82(125)102-45-77(94)120)48-135-49-78(121)104-69(34-53-20-11-10-12-21-53)90(133)113(6)52(4)79(122)108-70(40-76(93)119)91(134)115-32-19-30-74(115)87(130)107-67(39-59-44-97-50-103-59)84(127)109-68(33-51(2)3)89(132)112(5)46-60(117)36-55(35-56-41-99-63-26-15-13-24-61(56)63)81(124)110-71(47-116)85(128)106-66(37-57-42-100-64-27-16-14-25-62(57)64)75(118)38-58(88(131)114(73)7)43-101-80(123)54-22-17-23-54/h10-16,20-21,24-27,41-42,44,50-52,54-55,58,65-74,99-100,116H,8-9,17-19,22-23,28-40,43,45-49H2,1-7H3,(H2,93,119)(H2,94,120)(H,97,103)(H,101,123)(H,102,125)(H,104,121)(H,105,129)(H,106,128)(H,107,130)(H,108,122)(H,109,127)(H,110,124)(H,111,126)(H4,95,96,98)/t52-,55+,58-,65-,66-,67-,68-,69-,70-,71-,72-,73-,74-/m0/s1. The normalized spacial score (nSPS) is 23.9. The van der Waals surface area contributed by atoms with Gasteiger partial charge >= 0.3 is 0 Å². The van der Waals surface area contributed by atoms with Gasteiger partial charge in [-0.05, 0) is 99.5 Å². The van der Waals surface area contributed by atoms with Crippen molar-refractivity contribution in [3.8, 4) is 0 Å². The first-order chi connectivity index (χ1) is 64.4. The number of aromatic amines is 3. The minimum Gasteiger partial charge on any atom is -0.394 e. The highest BCUT2D eigenvalue weighted by Gasteiger charge is 2.44. The molecule has 2 aliphatic heterocycles. The molecule has 0 spiro atoms. The van der Waals surface area contributed by atoms with Crippen LogP contribution in [0.4, 0.5) is 0 Å². The van der Waals surface area contributed by atoms with Gasteiger partial charge < -0.3 is 115 Å². The number of benzene rings is 3. The van der Waals surface area contributed by atoms with Gasteiger partial charge in [0.25, 0.3) is 0 Å². The topological polar surface area (TPSA) is 635 Å². The Morgan fingerprint density at radius 3 is 1.81 bits per heavy atom. The highest BCUT2D eigenvalue weighted by molar-refractivity contribution is 8.00. The number of aromatic nitrogens is 4. The maximum atomic E-state index is 15.6. The van der Waals surface area contributed by atoms with Crippen molar-refractivity contribution >= 4 is 146 Å². The van der Waals surface area contributed by atoms with Crippen molar-refractivity contribution < 1.29 is 91.4 Å². The van der Waals surface area contributed by atoms with E-state index < -0.39 is 253 Å². The third-order valence-corrected chi connectivity index (χ3v) is 25.4. The van der Waals surface area contributed by atoms with Gasteiger partial charge in [-0.2, -0.15) is 0 Å². The first-order valence-electron chi connectivity index (χ1n) is 45.5. The number of para-hydroxylation sites is 2. The first kappa shape index (κ1) is 105. The Morgan fingerprint density at radius 2 is 1.19 bits per heavy atom. The number of amides is 16. The lowest BCUT2D eigenvalue weighted by Gasteiger charge is -2.33. The molecule has 0 bridgehead atoms. The Bertz CT molecular complexity index is 5220. The molecule has 42 nitrogen and oxygen atoms in total. The molecule has 3 aromatic carbocycles. The molecule has 2 saturated heterocycles. The average Bonchev–Trinajstić information content (AvgIpc) is 1.24. The molecular weight excluding hydrogens is 1760 g/mol. The van der Waals surface area contributed by atoms with E-state index in [1.807, 2.05) is 6.92 Å². The van der Waals surface area contributed by atoms with E-state index in [0.717, 1.165) is 37.8 Å². The number of nitrogens with one attached hydrogen (secondary N) is 15. The van der Waals surface area contributed by atoms with E-state index in [9.17, 15) is 67.4 Å². The summed E-state index contributed by atoms with van der Waals surface area (Å²) in [4.78, 5) is 280. The largest absolute Gasteiger partial charge is 0.394 e. The first-order valence-corrected chi connectivity index (χ1v) is 46.6. The summed E-state index contributed by atoms with van der Waals surface area (Å²) >= 11 is 0.781. The fraction of sp³-hybridized carbons (Fsp3) is 0.522. The van der Waals surface area contributed by atoms with Crippen LogP contribution in [-0.2, 0) is 112 Å². The molecule has 3 aromatic heterocycles. The Hall–Kier alpha value is -13.6. The Balaban J connectivity index is 1.09. The molecule has 43 heteroatoms. The molecule has 13 atom stereocenters. The third kappa shape index (κ3) is 30.7. The molecule has 1 aliphatic carbocycles. The highest BCUT2D eigenvalue weighted by atomic mass is 32.2. The van der Waals surface area contributed by atoms with E-state index >= 15 is 24.0 Å². The van der Waals surface area contributed by atoms with Crippen LogP contribution in [0.15, 0.2) is 104 Å². The summed E-state index contributed by atoms with van der Waals surface area (Å²) in [5, 5.41) is 49.6. The Morgan fingerprint density at radius 1 is 0.570 bits per heavy atom. The number of imidazole rings is 1. The smallest absolute Gasteiger partial charge is 0.246 e. The Kier molecular flexibility index (Phi) is 39.7. The number of Topliss-reactive ketones (excluding diaryl/α,β-unsaturated/α-hetero) is 2. The number of guanidine groups is 1. The summed E-state index contributed by atoms with van der Waals surface area (Å²) in [5.74, 6) is -20.7. The molecule has 5 heterocycles. The fourth-order valence-corrected chi connectivity index (χ4v) is 17.4. The number of aliphatic hydroxyl groups is 1. The molecule has 1 saturated carbocycles. The Labute approximate surface area is 785 Å². The number of primary amides is 2. The summed E-state index contributed by atoms with van der Waals surface area (Å²) in [5.41, 5.74) is 20.1. The van der Waals surface area contributed by atoms with Crippen molar-refractivity contribution in [2.24, 2.45) is 40.9 Å². The number of hydrogen-bond acceptors (Lipinski definition) is 22. The van der Waals surface area contributed by atoms with Crippen LogP contribution in [-0.4, -0.2) is 295 Å². The fourth-order valence-electron chi connectivity index (χ4n) is 16.5. The van der Waals surface area contributed by atoms with Gasteiger partial charge in [-0.1, -0.05) is 107 Å². The molecule has 0 unspecified atom stereocenters. The van der Waals surface area contributed by atoms with Gasteiger partial charge in [-0.15, -0.1) is 11.8 Å². The lowest BCUT2D eigenvalue weighted by Crippen LogP contribution is -2.60. The van der Waals surface area contributed by atoms with E-state index in [1.54, 1.807) is 105 Å². The number of aliphatic hydroxyl groups excluding tert-OH is 1. The van der Waals surface area contributed by atoms with Crippen molar-refractivity contribution in [3.63, 3.8) is 0 Å². The summed E-state index contributed by atoms with van der Waals surface area (Å²) in [6.45, 7) is 3.65. The number of unbranched alkanes of at least 4 members (excludes halogenated alkanes) is 1. The predicted octanol–water partition coefficient (Wildman–Crippen LogP) is -1.57. The van der Waals surface area contributed by atoms with Gasteiger partial charge in [0.1, 0.15) is 60.4 Å². The van der Waals surface area contributed by atoms with Gasteiger partial charge in [0.05, 0.1) is 50.2 Å². The maximum absolute atomic E-state index is 15.6. The molecule has 0 radical (unpaired) electrons.